The number of fused-ring (bicyclic) bond motifs is 7. The molecule has 0 unspecified atom stereocenters. The maximum absolute atomic E-state index is 6.69. The van der Waals surface area contributed by atoms with Crippen LogP contribution in [-0.2, 0) is 20.7 Å². The van der Waals surface area contributed by atoms with Crippen LogP contribution < -0.4 is 0 Å². The number of rotatable bonds is 4. The molecule has 3 aliphatic rings. The van der Waals surface area contributed by atoms with E-state index >= 15 is 0 Å². The van der Waals surface area contributed by atoms with Crippen LogP contribution in [0.1, 0.15) is 34.1 Å². The summed E-state index contributed by atoms with van der Waals surface area (Å²) >= 11 is 0. The molecule has 1 saturated carbocycles. The lowest BCUT2D eigenvalue weighted by Gasteiger charge is -2.54. The van der Waals surface area contributed by atoms with Gasteiger partial charge in [-0.25, -0.2) is 0 Å². The molecule has 4 aromatic carbocycles. The van der Waals surface area contributed by atoms with Gasteiger partial charge in [0.25, 0.3) is 0 Å². The van der Waals surface area contributed by atoms with Gasteiger partial charge < -0.3 is 9.47 Å². The van der Waals surface area contributed by atoms with Crippen molar-refractivity contribution in [1.82, 2.24) is 0 Å². The fourth-order valence-electron chi connectivity index (χ4n) is 6.80. The second kappa shape index (κ2) is 7.82. The third-order valence-corrected chi connectivity index (χ3v) is 8.12. The summed E-state index contributed by atoms with van der Waals surface area (Å²) in [6.07, 6.45) is 0. The van der Waals surface area contributed by atoms with Gasteiger partial charge in [0.2, 0.25) is 0 Å². The zero-order chi connectivity index (χ0) is 24.3. The lowest BCUT2D eigenvalue weighted by atomic mass is 9.55. The Morgan fingerprint density at radius 2 is 0.861 bits per heavy atom. The smallest absolute Gasteiger partial charge is 0.172 e. The minimum absolute atomic E-state index is 0.0858. The van der Waals surface area contributed by atoms with Gasteiger partial charge in [-0.05, 0) is 23.3 Å². The van der Waals surface area contributed by atoms with Crippen LogP contribution in [0, 0.1) is 0 Å². The number of nitrogens with zero attached hydrogens (tertiary/aromatic N) is 2. The minimum Gasteiger partial charge on any atom is -0.363 e. The van der Waals surface area contributed by atoms with Crippen LogP contribution in [-0.4, -0.2) is 25.6 Å². The van der Waals surface area contributed by atoms with Crippen molar-refractivity contribution in [2.45, 2.75) is 23.0 Å². The minimum atomic E-state index is -0.963. The molecule has 36 heavy (non-hydrogen) atoms. The van der Waals surface area contributed by atoms with Gasteiger partial charge in [0.1, 0.15) is 0 Å². The number of para-hydroxylation sites is 2. The van der Waals surface area contributed by atoms with Gasteiger partial charge >= 0.3 is 0 Å². The molecule has 0 spiro atoms. The molecule has 0 bridgehead atoms. The summed E-state index contributed by atoms with van der Waals surface area (Å²) in [5.74, 6) is -0.172. The average Bonchev–Trinajstić information content (AvgIpc) is 3.47. The van der Waals surface area contributed by atoms with Gasteiger partial charge in [0, 0.05) is 37.2 Å². The Labute approximate surface area is 211 Å². The van der Waals surface area contributed by atoms with Crippen LogP contribution in [0.25, 0.3) is 0 Å². The second-order valence-corrected chi connectivity index (χ2v) is 9.58. The Morgan fingerprint density at radius 3 is 1.25 bits per heavy atom. The van der Waals surface area contributed by atoms with E-state index in [4.69, 9.17) is 19.5 Å². The third kappa shape index (κ3) is 2.50. The number of benzene rings is 4. The van der Waals surface area contributed by atoms with Gasteiger partial charge in [-0.15, -0.1) is 0 Å². The van der Waals surface area contributed by atoms with Crippen molar-refractivity contribution in [1.29, 1.82) is 0 Å². The molecule has 4 aromatic rings. The number of hydrogen-bond donors (Lipinski definition) is 0. The van der Waals surface area contributed by atoms with Crippen LogP contribution >= 0.6 is 0 Å². The van der Waals surface area contributed by atoms with E-state index in [9.17, 15) is 0 Å². The number of hydrogen-bond acceptors (Lipinski definition) is 4. The van der Waals surface area contributed by atoms with Crippen molar-refractivity contribution in [2.24, 2.45) is 9.98 Å². The molecule has 0 radical (unpaired) electrons. The topological polar surface area (TPSA) is 43.2 Å². The lowest BCUT2D eigenvalue weighted by molar-refractivity contribution is -0.122. The van der Waals surface area contributed by atoms with Crippen molar-refractivity contribution < 1.29 is 9.47 Å². The van der Waals surface area contributed by atoms with Crippen molar-refractivity contribution in [3.8, 4) is 0 Å². The van der Waals surface area contributed by atoms with Crippen molar-refractivity contribution in [3.05, 3.63) is 131 Å². The van der Waals surface area contributed by atoms with Crippen LogP contribution in [0.2, 0.25) is 0 Å². The number of aliphatic imine (C=N–C) groups is 2. The SMILES string of the molecule is CO[C@]12C(=Nc3ccccc31)[C@H](c1ccccc1)[C@@H](c1ccccc1)C1=Nc3ccccc3[C@]12OC. The predicted octanol–water partition coefficient (Wildman–Crippen LogP) is 6.82. The van der Waals surface area contributed by atoms with E-state index in [0.717, 1.165) is 33.9 Å². The molecule has 2 heterocycles. The molecule has 0 N–H and O–H groups in total. The van der Waals surface area contributed by atoms with Gasteiger partial charge in [0.15, 0.2) is 11.2 Å². The summed E-state index contributed by atoms with van der Waals surface area (Å²) in [6.45, 7) is 0. The highest BCUT2D eigenvalue weighted by Gasteiger charge is 2.72. The second-order valence-electron chi connectivity index (χ2n) is 9.58. The van der Waals surface area contributed by atoms with Crippen molar-refractivity contribution in [2.75, 3.05) is 14.2 Å². The van der Waals surface area contributed by atoms with E-state index < -0.39 is 11.2 Å². The normalized spacial score (nSPS) is 27.4. The van der Waals surface area contributed by atoms with E-state index in [0.29, 0.717) is 0 Å². The monoisotopic (exact) mass is 470 g/mol. The average molecular weight is 471 g/mol. The van der Waals surface area contributed by atoms with E-state index in [1.54, 1.807) is 14.2 Å². The molecule has 2 aliphatic heterocycles. The van der Waals surface area contributed by atoms with Gasteiger partial charge in [-0.3, -0.25) is 9.98 Å². The Balaban J connectivity index is 1.64. The summed E-state index contributed by atoms with van der Waals surface area (Å²) in [5, 5.41) is 0. The Morgan fingerprint density at radius 1 is 0.500 bits per heavy atom. The zero-order valence-electron chi connectivity index (χ0n) is 20.3. The van der Waals surface area contributed by atoms with Crippen LogP contribution in [0.4, 0.5) is 11.4 Å². The molecule has 1 fully saturated rings. The third-order valence-electron chi connectivity index (χ3n) is 8.12. The predicted molar refractivity (Wildman–Crippen MR) is 143 cm³/mol. The van der Waals surface area contributed by atoms with Crippen LogP contribution in [0.5, 0.6) is 0 Å². The van der Waals surface area contributed by atoms with E-state index in [-0.39, 0.29) is 11.8 Å². The Hall–Kier alpha value is -3.86. The standard InChI is InChI=1S/C32H26N2O2/c1-35-31-23-17-9-11-19-25(23)33-29(31)27(21-13-5-3-6-14-21)28(22-15-7-4-8-16-22)30-32(31,36-2)24-18-10-12-20-26(24)34-30/h3-20,27-28H,1-2H3/t27-,28-,31+,32+/m1/s1. The molecule has 0 amide bonds. The molecule has 4 atom stereocenters. The first-order chi connectivity index (χ1) is 17.8. The highest BCUT2D eigenvalue weighted by atomic mass is 16.6. The molecule has 4 heteroatoms. The lowest BCUT2D eigenvalue weighted by Crippen LogP contribution is -2.65. The summed E-state index contributed by atoms with van der Waals surface area (Å²) in [4.78, 5) is 10.7. The van der Waals surface area contributed by atoms with Crippen LogP contribution in [0.15, 0.2) is 119 Å². The van der Waals surface area contributed by atoms with Gasteiger partial charge in [-0.1, -0.05) is 97.1 Å². The molecule has 1 aliphatic carbocycles. The van der Waals surface area contributed by atoms with Gasteiger partial charge in [-0.2, -0.15) is 0 Å². The molecule has 176 valence electrons. The molecule has 0 saturated heterocycles. The zero-order valence-corrected chi connectivity index (χ0v) is 20.3. The highest BCUT2D eigenvalue weighted by Crippen LogP contribution is 2.66. The summed E-state index contributed by atoms with van der Waals surface area (Å²) < 4.78 is 13.4. The quantitative estimate of drug-likeness (QED) is 0.328. The largest absolute Gasteiger partial charge is 0.363 e. The van der Waals surface area contributed by atoms with E-state index in [1.807, 2.05) is 12.1 Å². The first-order valence-corrected chi connectivity index (χ1v) is 12.3. The summed E-state index contributed by atoms with van der Waals surface area (Å²) in [7, 11) is 3.56. The fourth-order valence-corrected chi connectivity index (χ4v) is 6.80. The van der Waals surface area contributed by atoms with Crippen molar-refractivity contribution >= 4 is 22.8 Å². The highest BCUT2D eigenvalue weighted by molar-refractivity contribution is 6.21. The molecule has 0 aromatic heterocycles. The number of ether oxygens (including phenoxy) is 2. The van der Waals surface area contributed by atoms with Crippen molar-refractivity contribution in [3.63, 3.8) is 0 Å². The number of methoxy groups -OCH3 is 2. The first-order valence-electron chi connectivity index (χ1n) is 12.3. The maximum atomic E-state index is 6.69. The summed E-state index contributed by atoms with van der Waals surface area (Å²) in [6, 6.07) is 37.8. The van der Waals surface area contributed by atoms with Crippen LogP contribution in [0.3, 0.4) is 0 Å². The van der Waals surface area contributed by atoms with E-state index in [1.165, 1.54) is 11.1 Å². The summed E-state index contributed by atoms with van der Waals surface area (Å²) in [5.41, 5.74) is 6.24. The van der Waals surface area contributed by atoms with Gasteiger partial charge in [0.05, 0.1) is 22.8 Å². The van der Waals surface area contributed by atoms with E-state index in [2.05, 4.69) is 97.1 Å². The Bertz CT molecular complexity index is 1410. The molecular formula is C32H26N2O2. The Kier molecular flexibility index (Phi) is 4.65. The first kappa shape index (κ1) is 21.4. The molecule has 7 rings (SSSR count). The molecular weight excluding hydrogens is 444 g/mol. The maximum Gasteiger partial charge on any atom is 0.172 e. The fraction of sp³-hybridized carbons (Fsp3) is 0.188. The molecule has 4 nitrogen and oxygen atoms in total.